The first-order valence-corrected chi connectivity index (χ1v) is 9.87. The molecular formula is C21H24FNO3S. The Morgan fingerprint density at radius 1 is 1.11 bits per heavy atom. The SMILES string of the molecule is CC[C@H](C)c1ccccc1NC(=O)[C@@H](C)OC(=O)CSc1ccccc1F. The summed E-state index contributed by atoms with van der Waals surface area (Å²) in [6.07, 6.45) is 0.00809. The summed E-state index contributed by atoms with van der Waals surface area (Å²) in [6, 6.07) is 13.8. The topological polar surface area (TPSA) is 55.4 Å². The van der Waals surface area contributed by atoms with Gasteiger partial charge in [0.15, 0.2) is 6.10 Å². The maximum absolute atomic E-state index is 13.6. The number of carbonyl (C=O) groups excluding carboxylic acids is 2. The van der Waals surface area contributed by atoms with E-state index in [-0.39, 0.29) is 11.6 Å². The standard InChI is InChI=1S/C21H24FNO3S/c1-4-14(2)16-9-5-7-11-18(16)23-21(25)15(3)26-20(24)13-27-19-12-8-6-10-17(19)22/h5-12,14-15H,4,13H2,1-3H3,(H,23,25)/t14-,15+/m0/s1. The number of esters is 1. The number of hydrogen-bond acceptors (Lipinski definition) is 4. The second-order valence-corrected chi connectivity index (χ2v) is 7.25. The smallest absolute Gasteiger partial charge is 0.317 e. The second kappa shape index (κ2) is 10.1. The number of rotatable bonds is 8. The van der Waals surface area contributed by atoms with Crippen LogP contribution in [-0.4, -0.2) is 23.7 Å². The highest BCUT2D eigenvalue weighted by atomic mass is 32.2. The van der Waals surface area contributed by atoms with E-state index < -0.39 is 18.0 Å². The molecule has 0 saturated carbocycles. The summed E-state index contributed by atoms with van der Waals surface area (Å²) < 4.78 is 18.7. The van der Waals surface area contributed by atoms with Gasteiger partial charge in [0.05, 0.1) is 5.75 Å². The third kappa shape index (κ3) is 6.10. The van der Waals surface area contributed by atoms with Gasteiger partial charge in [0.2, 0.25) is 0 Å². The minimum Gasteiger partial charge on any atom is -0.452 e. The maximum atomic E-state index is 13.6. The van der Waals surface area contributed by atoms with Crippen LogP contribution in [-0.2, 0) is 14.3 Å². The molecule has 4 nitrogen and oxygen atoms in total. The van der Waals surface area contributed by atoms with Gasteiger partial charge in [0.25, 0.3) is 5.91 Å². The molecule has 0 radical (unpaired) electrons. The van der Waals surface area contributed by atoms with Crippen LogP contribution in [0.25, 0.3) is 0 Å². The molecule has 2 aromatic carbocycles. The van der Waals surface area contributed by atoms with Crippen molar-refractivity contribution in [3.8, 4) is 0 Å². The van der Waals surface area contributed by atoms with Crippen LogP contribution in [0.3, 0.4) is 0 Å². The van der Waals surface area contributed by atoms with Crippen molar-refractivity contribution in [2.24, 2.45) is 0 Å². The van der Waals surface area contributed by atoms with Crippen LogP contribution in [0, 0.1) is 5.82 Å². The van der Waals surface area contributed by atoms with Gasteiger partial charge in [-0.1, -0.05) is 44.2 Å². The van der Waals surface area contributed by atoms with Crippen molar-refractivity contribution in [1.82, 2.24) is 0 Å². The Bertz CT molecular complexity index is 797. The minimum atomic E-state index is -0.941. The summed E-state index contributed by atoms with van der Waals surface area (Å²) in [5, 5.41) is 2.83. The third-order valence-corrected chi connectivity index (χ3v) is 5.24. The number of carbonyl (C=O) groups is 2. The molecule has 1 N–H and O–H groups in total. The number of halogens is 1. The van der Waals surface area contributed by atoms with E-state index >= 15 is 0 Å². The predicted octanol–water partition coefficient (Wildman–Crippen LogP) is 5.00. The lowest BCUT2D eigenvalue weighted by molar-refractivity contribution is -0.150. The zero-order valence-corrected chi connectivity index (χ0v) is 16.5. The quantitative estimate of drug-likeness (QED) is 0.510. The van der Waals surface area contributed by atoms with Gasteiger partial charge in [-0.3, -0.25) is 9.59 Å². The average molecular weight is 389 g/mol. The van der Waals surface area contributed by atoms with Gasteiger partial charge in [-0.15, -0.1) is 11.8 Å². The van der Waals surface area contributed by atoms with Crippen LogP contribution in [0.5, 0.6) is 0 Å². The Morgan fingerprint density at radius 2 is 1.78 bits per heavy atom. The van der Waals surface area contributed by atoms with Crippen LogP contribution in [0.2, 0.25) is 0 Å². The molecule has 1 amide bonds. The summed E-state index contributed by atoms with van der Waals surface area (Å²) in [6.45, 7) is 5.70. The minimum absolute atomic E-state index is 0.0675. The largest absolute Gasteiger partial charge is 0.452 e. The molecule has 0 heterocycles. The number of amides is 1. The number of nitrogens with one attached hydrogen (secondary N) is 1. The second-order valence-electron chi connectivity index (χ2n) is 6.24. The lowest BCUT2D eigenvalue weighted by atomic mass is 9.97. The first kappa shape index (κ1) is 21.0. The summed E-state index contributed by atoms with van der Waals surface area (Å²) in [5.41, 5.74) is 1.77. The van der Waals surface area contributed by atoms with E-state index in [1.165, 1.54) is 13.0 Å². The van der Waals surface area contributed by atoms with Crippen LogP contribution in [0.15, 0.2) is 53.4 Å². The molecule has 0 aliphatic carbocycles. The molecule has 0 aliphatic rings. The van der Waals surface area contributed by atoms with Crippen molar-refractivity contribution in [3.63, 3.8) is 0 Å². The van der Waals surface area contributed by atoms with E-state index in [1.807, 2.05) is 24.3 Å². The average Bonchev–Trinajstić information content (AvgIpc) is 2.67. The number of thioether (sulfide) groups is 1. The molecule has 6 heteroatoms. The molecule has 2 rings (SSSR count). The van der Waals surface area contributed by atoms with Crippen LogP contribution >= 0.6 is 11.8 Å². The van der Waals surface area contributed by atoms with Gasteiger partial charge >= 0.3 is 5.97 Å². The van der Waals surface area contributed by atoms with Gasteiger partial charge in [-0.05, 0) is 43.0 Å². The first-order valence-electron chi connectivity index (χ1n) is 8.89. The maximum Gasteiger partial charge on any atom is 0.317 e. The van der Waals surface area contributed by atoms with Crippen molar-refractivity contribution in [3.05, 3.63) is 59.9 Å². The van der Waals surface area contributed by atoms with E-state index in [2.05, 4.69) is 19.2 Å². The van der Waals surface area contributed by atoms with Crippen LogP contribution in [0.4, 0.5) is 10.1 Å². The molecular weight excluding hydrogens is 365 g/mol. The third-order valence-electron chi connectivity index (χ3n) is 4.22. The molecule has 27 heavy (non-hydrogen) atoms. The molecule has 0 bridgehead atoms. The summed E-state index contributed by atoms with van der Waals surface area (Å²) in [5.74, 6) is -1.11. The van der Waals surface area contributed by atoms with E-state index in [4.69, 9.17) is 4.74 Å². The zero-order valence-electron chi connectivity index (χ0n) is 15.7. The highest BCUT2D eigenvalue weighted by molar-refractivity contribution is 8.00. The molecule has 2 aromatic rings. The normalized spacial score (nSPS) is 12.9. The van der Waals surface area contributed by atoms with Crippen molar-refractivity contribution in [1.29, 1.82) is 0 Å². The van der Waals surface area contributed by atoms with Crippen molar-refractivity contribution in [2.75, 3.05) is 11.1 Å². The molecule has 0 spiro atoms. The van der Waals surface area contributed by atoms with E-state index in [0.29, 0.717) is 10.8 Å². The monoisotopic (exact) mass is 389 g/mol. The number of para-hydroxylation sites is 1. The molecule has 0 unspecified atom stereocenters. The van der Waals surface area contributed by atoms with E-state index in [0.717, 1.165) is 29.4 Å². The molecule has 0 aromatic heterocycles. The van der Waals surface area contributed by atoms with Crippen LogP contribution < -0.4 is 5.32 Å². The number of ether oxygens (including phenoxy) is 1. The predicted molar refractivity (Wildman–Crippen MR) is 106 cm³/mol. The van der Waals surface area contributed by atoms with Crippen molar-refractivity contribution in [2.45, 2.75) is 44.1 Å². The van der Waals surface area contributed by atoms with Crippen molar-refractivity contribution < 1.29 is 18.7 Å². The lowest BCUT2D eigenvalue weighted by Crippen LogP contribution is -2.31. The fraction of sp³-hybridized carbons (Fsp3) is 0.333. The van der Waals surface area contributed by atoms with Crippen LogP contribution in [0.1, 0.15) is 38.7 Å². The number of hydrogen-bond donors (Lipinski definition) is 1. The number of anilines is 1. The summed E-state index contributed by atoms with van der Waals surface area (Å²) in [7, 11) is 0. The molecule has 0 saturated heterocycles. The van der Waals surface area contributed by atoms with E-state index in [1.54, 1.807) is 18.2 Å². The first-order chi connectivity index (χ1) is 12.9. The highest BCUT2D eigenvalue weighted by Crippen LogP contribution is 2.26. The Hall–Kier alpha value is -2.34. The molecule has 0 aliphatic heterocycles. The van der Waals surface area contributed by atoms with Gasteiger partial charge < -0.3 is 10.1 Å². The van der Waals surface area contributed by atoms with Gasteiger partial charge in [0, 0.05) is 10.6 Å². The highest BCUT2D eigenvalue weighted by Gasteiger charge is 2.20. The molecule has 2 atom stereocenters. The Labute approximate surface area is 163 Å². The Morgan fingerprint density at radius 3 is 2.48 bits per heavy atom. The van der Waals surface area contributed by atoms with Crippen molar-refractivity contribution >= 4 is 29.3 Å². The molecule has 0 fully saturated rings. The van der Waals surface area contributed by atoms with Gasteiger partial charge in [0.1, 0.15) is 5.82 Å². The van der Waals surface area contributed by atoms with E-state index in [9.17, 15) is 14.0 Å². The fourth-order valence-corrected chi connectivity index (χ4v) is 3.20. The summed E-state index contributed by atoms with van der Waals surface area (Å²) in [4.78, 5) is 24.7. The fourth-order valence-electron chi connectivity index (χ4n) is 2.48. The van der Waals surface area contributed by atoms with Gasteiger partial charge in [-0.2, -0.15) is 0 Å². The zero-order chi connectivity index (χ0) is 19.8. The van der Waals surface area contributed by atoms with Gasteiger partial charge in [-0.25, -0.2) is 4.39 Å². The molecule has 144 valence electrons. The Kier molecular flexibility index (Phi) is 7.85. The summed E-state index contributed by atoms with van der Waals surface area (Å²) >= 11 is 1.04. The number of benzene rings is 2. The Balaban J connectivity index is 1.90. The lowest BCUT2D eigenvalue weighted by Gasteiger charge is -2.18.